The molecule has 0 bridgehead atoms. The van der Waals surface area contributed by atoms with Gasteiger partial charge in [0.2, 0.25) is 0 Å². The largest absolute Gasteiger partial charge is 0.322 e. The molecule has 4 aromatic rings. The van der Waals surface area contributed by atoms with Crippen molar-refractivity contribution in [3.8, 4) is 11.1 Å². The van der Waals surface area contributed by atoms with Gasteiger partial charge in [0.25, 0.3) is 11.8 Å². The Labute approximate surface area is 236 Å². The summed E-state index contributed by atoms with van der Waals surface area (Å²) in [4.78, 5) is 27.8. The van der Waals surface area contributed by atoms with Gasteiger partial charge in [-0.05, 0) is 99.2 Å². The van der Waals surface area contributed by atoms with E-state index in [9.17, 15) is 14.9 Å². The Morgan fingerprint density at radius 2 is 1.69 bits per heavy atom. The van der Waals surface area contributed by atoms with Gasteiger partial charge in [-0.25, -0.2) is 0 Å². The number of rotatable bonds is 6. The number of nitriles is 1. The summed E-state index contributed by atoms with van der Waals surface area (Å²) >= 11 is 7.59. The van der Waals surface area contributed by atoms with Crippen LogP contribution in [0.2, 0.25) is 5.02 Å². The molecular weight excluding hydrogens is 528 g/mol. The first kappa shape index (κ1) is 26.5. The van der Waals surface area contributed by atoms with Gasteiger partial charge in [-0.3, -0.25) is 9.59 Å². The first-order chi connectivity index (χ1) is 18.9. The average Bonchev–Trinajstić information content (AvgIpc) is 3.44. The molecule has 0 unspecified atom stereocenters. The number of hydrogen-bond donors (Lipinski definition) is 2. The fraction of sp³-hybridized carbons (Fsp3) is 0.194. The second kappa shape index (κ2) is 11.3. The van der Waals surface area contributed by atoms with Crippen LogP contribution in [0.1, 0.15) is 50.6 Å². The molecular formula is C31H27ClN4O2S. The Balaban J connectivity index is 1.52. The number of nitrogens with zero attached hydrogens (tertiary/aromatic N) is 2. The third-order valence-electron chi connectivity index (χ3n) is 6.85. The number of carbonyl (C=O) groups excluding carboxylic acids is 2. The maximum atomic E-state index is 13.6. The maximum Gasteiger partial charge on any atom is 0.266 e. The van der Waals surface area contributed by atoms with E-state index in [-0.39, 0.29) is 11.5 Å². The van der Waals surface area contributed by atoms with E-state index in [4.69, 9.17) is 11.6 Å². The second-order valence-corrected chi connectivity index (χ2v) is 11.0. The lowest BCUT2D eigenvalue weighted by Gasteiger charge is -2.14. The highest BCUT2D eigenvalue weighted by Gasteiger charge is 2.28. The van der Waals surface area contributed by atoms with E-state index in [0.717, 1.165) is 58.9 Å². The zero-order chi connectivity index (χ0) is 27.5. The first-order valence-corrected chi connectivity index (χ1v) is 13.9. The zero-order valence-corrected chi connectivity index (χ0v) is 23.2. The molecule has 0 aliphatic heterocycles. The standard InChI is InChI=1S/C31H27ClN4O2S/c1-19-16-21(17-22(18-33)29(37)34-25-14-12-23(32)13-15-25)20(2)36(19)31-28(26-10-6-7-11-27(26)39-31)30(38)35-24-8-4-3-5-9-24/h3-5,8-9,12-17H,6-7,10-11H2,1-2H3,(H,34,37)(H,35,38)/b22-17-. The minimum atomic E-state index is -0.501. The van der Waals surface area contributed by atoms with Crippen molar-refractivity contribution < 1.29 is 9.59 Å². The van der Waals surface area contributed by atoms with Gasteiger partial charge in [0.1, 0.15) is 16.6 Å². The molecule has 2 aromatic carbocycles. The third kappa shape index (κ3) is 5.53. The molecule has 2 N–H and O–H groups in total. The quantitative estimate of drug-likeness (QED) is 0.191. The van der Waals surface area contributed by atoms with Crippen LogP contribution < -0.4 is 10.6 Å². The molecule has 6 nitrogen and oxygen atoms in total. The Bertz CT molecular complexity index is 1630. The summed E-state index contributed by atoms with van der Waals surface area (Å²) in [5, 5.41) is 17.0. The minimum Gasteiger partial charge on any atom is -0.322 e. The van der Waals surface area contributed by atoms with Gasteiger partial charge in [0.05, 0.1) is 5.56 Å². The van der Waals surface area contributed by atoms with E-state index in [1.54, 1.807) is 41.7 Å². The van der Waals surface area contributed by atoms with E-state index in [2.05, 4.69) is 15.2 Å². The number of para-hydroxylation sites is 1. The van der Waals surface area contributed by atoms with Crippen molar-refractivity contribution in [2.75, 3.05) is 10.6 Å². The molecule has 0 spiro atoms. The Kier molecular flexibility index (Phi) is 7.69. The SMILES string of the molecule is Cc1cc(/C=C(/C#N)C(=O)Nc2ccc(Cl)cc2)c(C)n1-c1sc2c(c1C(=O)Nc1ccccc1)CCCC2. The topological polar surface area (TPSA) is 86.9 Å². The summed E-state index contributed by atoms with van der Waals surface area (Å²) in [6.07, 6.45) is 5.60. The van der Waals surface area contributed by atoms with Crippen LogP contribution >= 0.6 is 22.9 Å². The number of nitrogens with one attached hydrogen (secondary N) is 2. The van der Waals surface area contributed by atoms with Gasteiger partial charge in [-0.15, -0.1) is 11.3 Å². The number of amides is 2. The van der Waals surface area contributed by atoms with Gasteiger partial charge in [0, 0.05) is 32.7 Å². The molecule has 2 amide bonds. The fourth-order valence-electron chi connectivity index (χ4n) is 4.94. The molecule has 0 radical (unpaired) electrons. The van der Waals surface area contributed by atoms with Crippen LogP contribution in [-0.4, -0.2) is 16.4 Å². The van der Waals surface area contributed by atoms with E-state index in [1.807, 2.05) is 56.3 Å². The lowest BCUT2D eigenvalue weighted by Crippen LogP contribution is -2.17. The molecule has 196 valence electrons. The molecule has 0 saturated heterocycles. The Hall–Kier alpha value is -4.12. The van der Waals surface area contributed by atoms with Crippen LogP contribution in [0, 0.1) is 25.2 Å². The van der Waals surface area contributed by atoms with Crippen LogP contribution in [0.4, 0.5) is 11.4 Å². The van der Waals surface area contributed by atoms with E-state index >= 15 is 0 Å². The normalized spacial score (nSPS) is 12.9. The summed E-state index contributed by atoms with van der Waals surface area (Å²) in [7, 11) is 0. The lowest BCUT2D eigenvalue weighted by atomic mass is 9.95. The van der Waals surface area contributed by atoms with Crippen molar-refractivity contribution in [1.82, 2.24) is 4.57 Å². The number of halogens is 1. The number of hydrogen-bond acceptors (Lipinski definition) is 4. The fourth-order valence-corrected chi connectivity index (χ4v) is 6.56. The van der Waals surface area contributed by atoms with Crippen molar-refractivity contribution >= 4 is 52.2 Å². The van der Waals surface area contributed by atoms with Gasteiger partial charge >= 0.3 is 0 Å². The monoisotopic (exact) mass is 554 g/mol. The van der Waals surface area contributed by atoms with Crippen LogP contribution in [0.5, 0.6) is 0 Å². The highest BCUT2D eigenvalue weighted by Crippen LogP contribution is 2.39. The molecule has 2 aromatic heterocycles. The first-order valence-electron chi connectivity index (χ1n) is 12.7. The van der Waals surface area contributed by atoms with Crippen molar-refractivity contribution in [3.05, 3.63) is 104 Å². The zero-order valence-electron chi connectivity index (χ0n) is 21.7. The molecule has 0 saturated carbocycles. The number of aryl methyl sites for hydroxylation is 2. The summed E-state index contributed by atoms with van der Waals surface area (Å²) in [5.74, 6) is -0.626. The number of carbonyl (C=O) groups is 2. The van der Waals surface area contributed by atoms with E-state index < -0.39 is 5.91 Å². The van der Waals surface area contributed by atoms with Gasteiger partial charge in [-0.1, -0.05) is 29.8 Å². The lowest BCUT2D eigenvalue weighted by molar-refractivity contribution is -0.112. The van der Waals surface area contributed by atoms with Crippen molar-refractivity contribution in [2.24, 2.45) is 0 Å². The van der Waals surface area contributed by atoms with Crippen molar-refractivity contribution in [1.29, 1.82) is 5.26 Å². The van der Waals surface area contributed by atoms with E-state index in [1.165, 1.54) is 4.88 Å². The number of fused-ring (bicyclic) bond motifs is 1. The second-order valence-electron chi connectivity index (χ2n) is 9.50. The third-order valence-corrected chi connectivity index (χ3v) is 8.38. The summed E-state index contributed by atoms with van der Waals surface area (Å²) in [6, 6.07) is 20.2. The molecule has 5 rings (SSSR count). The molecule has 1 aliphatic rings. The van der Waals surface area contributed by atoms with Crippen LogP contribution in [0.25, 0.3) is 11.1 Å². The Morgan fingerprint density at radius 1 is 1.00 bits per heavy atom. The minimum absolute atomic E-state index is 0.0160. The highest BCUT2D eigenvalue weighted by atomic mass is 35.5. The molecule has 2 heterocycles. The number of benzene rings is 2. The van der Waals surface area contributed by atoms with Gasteiger partial charge in [0.15, 0.2) is 0 Å². The molecule has 1 aliphatic carbocycles. The Morgan fingerprint density at radius 3 is 2.41 bits per heavy atom. The van der Waals surface area contributed by atoms with Crippen LogP contribution in [0.15, 0.2) is 66.2 Å². The number of aromatic nitrogens is 1. The van der Waals surface area contributed by atoms with Gasteiger partial charge < -0.3 is 15.2 Å². The maximum absolute atomic E-state index is 13.6. The molecule has 8 heteroatoms. The van der Waals surface area contributed by atoms with Gasteiger partial charge in [-0.2, -0.15) is 5.26 Å². The highest BCUT2D eigenvalue weighted by molar-refractivity contribution is 7.15. The van der Waals surface area contributed by atoms with Crippen molar-refractivity contribution in [2.45, 2.75) is 39.5 Å². The molecule has 0 fully saturated rings. The molecule has 0 atom stereocenters. The summed E-state index contributed by atoms with van der Waals surface area (Å²) in [5.41, 5.74) is 5.63. The predicted octanol–water partition coefficient (Wildman–Crippen LogP) is 7.49. The molecule has 39 heavy (non-hydrogen) atoms. The average molecular weight is 555 g/mol. The summed E-state index contributed by atoms with van der Waals surface area (Å²) < 4.78 is 2.07. The van der Waals surface area contributed by atoms with Crippen LogP contribution in [0.3, 0.4) is 0 Å². The van der Waals surface area contributed by atoms with E-state index in [0.29, 0.717) is 16.3 Å². The van der Waals surface area contributed by atoms with Crippen LogP contribution in [-0.2, 0) is 17.6 Å². The number of anilines is 2. The smallest absolute Gasteiger partial charge is 0.266 e. The number of thiophene rings is 1. The summed E-state index contributed by atoms with van der Waals surface area (Å²) in [6.45, 7) is 3.92. The van der Waals surface area contributed by atoms with Crippen molar-refractivity contribution in [3.63, 3.8) is 0 Å². The predicted molar refractivity (Wildman–Crippen MR) is 158 cm³/mol.